The van der Waals surface area contributed by atoms with Crippen LogP contribution in [-0.2, 0) is 16.0 Å². The predicted octanol–water partition coefficient (Wildman–Crippen LogP) is 1.73. The number of methoxy groups -OCH3 is 1. The first-order chi connectivity index (χ1) is 9.86. The lowest BCUT2D eigenvalue weighted by Crippen LogP contribution is -2.16. The van der Waals surface area contributed by atoms with Gasteiger partial charge < -0.3 is 19.5 Å². The van der Waals surface area contributed by atoms with Gasteiger partial charge >= 0.3 is 0 Å². The van der Waals surface area contributed by atoms with Crippen LogP contribution in [0.5, 0.6) is 5.75 Å². The molecule has 0 radical (unpaired) electrons. The maximum atomic E-state index is 8.41. The Morgan fingerprint density at radius 3 is 2.65 bits per heavy atom. The molecular formula is C15H22N2O3. The lowest BCUT2D eigenvalue weighted by Gasteiger charge is -2.07. The number of nitrogens with zero attached hydrogens (tertiary/aromatic N) is 1. The van der Waals surface area contributed by atoms with Gasteiger partial charge in [0, 0.05) is 20.3 Å². The van der Waals surface area contributed by atoms with E-state index >= 15 is 0 Å². The molecule has 0 spiro atoms. The van der Waals surface area contributed by atoms with E-state index in [0.717, 1.165) is 31.9 Å². The Morgan fingerprint density at radius 1 is 1.15 bits per heavy atom. The van der Waals surface area contributed by atoms with Gasteiger partial charge in [-0.25, -0.2) is 0 Å². The summed E-state index contributed by atoms with van der Waals surface area (Å²) in [6, 6.07) is 9.69. The van der Waals surface area contributed by atoms with E-state index in [1.54, 1.807) is 7.11 Å². The molecule has 0 saturated heterocycles. The SMILES string of the molecule is COCCOCCCNCc1ccc(OCC#N)cc1. The van der Waals surface area contributed by atoms with Gasteiger partial charge in [0.1, 0.15) is 11.8 Å². The molecule has 0 fully saturated rings. The zero-order valence-corrected chi connectivity index (χ0v) is 11.9. The minimum Gasteiger partial charge on any atom is -0.479 e. The van der Waals surface area contributed by atoms with E-state index in [1.165, 1.54) is 5.56 Å². The van der Waals surface area contributed by atoms with E-state index in [2.05, 4.69) is 5.32 Å². The first kappa shape index (κ1) is 16.4. The highest BCUT2D eigenvalue weighted by Gasteiger charge is 1.96. The van der Waals surface area contributed by atoms with Crippen molar-refractivity contribution in [3.63, 3.8) is 0 Å². The largest absolute Gasteiger partial charge is 0.479 e. The fraction of sp³-hybridized carbons (Fsp3) is 0.533. The van der Waals surface area contributed by atoms with Crippen molar-refractivity contribution < 1.29 is 14.2 Å². The van der Waals surface area contributed by atoms with Crippen LogP contribution in [0, 0.1) is 11.3 Å². The Kier molecular flexibility index (Phi) is 9.24. The zero-order chi connectivity index (χ0) is 14.5. The number of rotatable bonds is 11. The van der Waals surface area contributed by atoms with Crippen LogP contribution in [0.15, 0.2) is 24.3 Å². The van der Waals surface area contributed by atoms with Gasteiger partial charge in [-0.3, -0.25) is 0 Å². The maximum absolute atomic E-state index is 8.41. The molecule has 0 bridgehead atoms. The summed E-state index contributed by atoms with van der Waals surface area (Å²) in [5, 5.41) is 11.8. The molecule has 1 N–H and O–H groups in total. The van der Waals surface area contributed by atoms with Crippen molar-refractivity contribution >= 4 is 0 Å². The Balaban J connectivity index is 2.06. The molecule has 20 heavy (non-hydrogen) atoms. The Hall–Kier alpha value is -1.61. The van der Waals surface area contributed by atoms with Crippen LogP contribution in [0.3, 0.4) is 0 Å². The standard InChI is InChI=1S/C15H22N2O3/c1-18-11-12-19-9-2-8-17-13-14-3-5-15(6-4-14)20-10-7-16/h3-6,17H,2,8-13H2,1H3. The van der Waals surface area contributed by atoms with Crippen molar-refractivity contribution in [1.82, 2.24) is 5.32 Å². The van der Waals surface area contributed by atoms with E-state index in [4.69, 9.17) is 19.5 Å². The van der Waals surface area contributed by atoms with Crippen molar-refractivity contribution in [2.45, 2.75) is 13.0 Å². The third kappa shape index (κ3) is 7.74. The van der Waals surface area contributed by atoms with Crippen LogP contribution in [0.2, 0.25) is 0 Å². The minimum atomic E-state index is 0.0840. The van der Waals surface area contributed by atoms with Crippen LogP contribution in [0.25, 0.3) is 0 Å². The van der Waals surface area contributed by atoms with E-state index in [-0.39, 0.29) is 6.61 Å². The summed E-state index contributed by atoms with van der Waals surface area (Å²) in [6.07, 6.45) is 0.979. The van der Waals surface area contributed by atoms with Crippen LogP contribution in [-0.4, -0.2) is 40.1 Å². The van der Waals surface area contributed by atoms with Gasteiger partial charge in [0.05, 0.1) is 13.2 Å². The van der Waals surface area contributed by atoms with Crippen molar-refractivity contribution in [3.8, 4) is 11.8 Å². The van der Waals surface area contributed by atoms with Gasteiger partial charge in [-0.2, -0.15) is 5.26 Å². The summed E-state index contributed by atoms with van der Waals surface area (Å²) in [5.74, 6) is 0.724. The normalized spacial score (nSPS) is 10.2. The summed E-state index contributed by atoms with van der Waals surface area (Å²) in [6.45, 7) is 3.86. The number of nitrogens with one attached hydrogen (secondary N) is 1. The molecule has 0 aliphatic heterocycles. The molecule has 5 nitrogen and oxygen atoms in total. The van der Waals surface area contributed by atoms with Gasteiger partial charge in [0.15, 0.2) is 6.61 Å². The third-order valence-electron chi connectivity index (χ3n) is 2.63. The van der Waals surface area contributed by atoms with Crippen molar-refractivity contribution in [3.05, 3.63) is 29.8 Å². The van der Waals surface area contributed by atoms with Crippen LogP contribution in [0.1, 0.15) is 12.0 Å². The number of nitriles is 1. The van der Waals surface area contributed by atoms with Gasteiger partial charge in [-0.15, -0.1) is 0 Å². The highest BCUT2D eigenvalue weighted by atomic mass is 16.5. The number of hydrogen-bond donors (Lipinski definition) is 1. The van der Waals surface area contributed by atoms with Crippen LogP contribution in [0.4, 0.5) is 0 Å². The predicted molar refractivity (Wildman–Crippen MR) is 76.6 cm³/mol. The molecule has 1 rings (SSSR count). The number of benzene rings is 1. The van der Waals surface area contributed by atoms with E-state index in [0.29, 0.717) is 13.2 Å². The van der Waals surface area contributed by atoms with Gasteiger partial charge in [0.25, 0.3) is 0 Å². The quantitative estimate of drug-likeness (QED) is 0.625. The molecule has 0 amide bonds. The first-order valence-corrected chi connectivity index (χ1v) is 6.73. The molecule has 1 aromatic rings. The molecule has 1 aromatic carbocycles. The Bertz CT molecular complexity index is 387. The van der Waals surface area contributed by atoms with Crippen LogP contribution >= 0.6 is 0 Å². The monoisotopic (exact) mass is 278 g/mol. The Morgan fingerprint density at radius 2 is 1.95 bits per heavy atom. The molecule has 110 valence electrons. The third-order valence-corrected chi connectivity index (χ3v) is 2.63. The van der Waals surface area contributed by atoms with Crippen LogP contribution < -0.4 is 10.1 Å². The second-order valence-corrected chi connectivity index (χ2v) is 4.23. The second-order valence-electron chi connectivity index (χ2n) is 4.23. The minimum absolute atomic E-state index is 0.0840. The van der Waals surface area contributed by atoms with Crippen molar-refractivity contribution in [2.75, 3.05) is 40.1 Å². The van der Waals surface area contributed by atoms with Crippen molar-refractivity contribution in [1.29, 1.82) is 5.26 Å². The van der Waals surface area contributed by atoms with E-state index in [9.17, 15) is 0 Å². The Labute approximate surface area is 120 Å². The van der Waals surface area contributed by atoms with Gasteiger partial charge in [-0.05, 0) is 30.7 Å². The average molecular weight is 278 g/mol. The van der Waals surface area contributed by atoms with Crippen molar-refractivity contribution in [2.24, 2.45) is 0 Å². The highest BCUT2D eigenvalue weighted by molar-refractivity contribution is 5.27. The average Bonchev–Trinajstić information content (AvgIpc) is 2.49. The lowest BCUT2D eigenvalue weighted by molar-refractivity contribution is 0.0695. The molecule has 0 saturated carbocycles. The first-order valence-electron chi connectivity index (χ1n) is 6.73. The van der Waals surface area contributed by atoms with E-state index < -0.39 is 0 Å². The summed E-state index contributed by atoms with van der Waals surface area (Å²) < 4.78 is 15.5. The molecule has 0 aliphatic carbocycles. The fourth-order valence-corrected chi connectivity index (χ4v) is 1.60. The zero-order valence-electron chi connectivity index (χ0n) is 11.9. The molecule has 0 heterocycles. The molecule has 0 unspecified atom stereocenters. The summed E-state index contributed by atoms with van der Waals surface area (Å²) in [4.78, 5) is 0. The lowest BCUT2D eigenvalue weighted by atomic mass is 10.2. The summed E-state index contributed by atoms with van der Waals surface area (Å²) >= 11 is 0. The maximum Gasteiger partial charge on any atom is 0.174 e. The second kappa shape index (κ2) is 11.2. The topological polar surface area (TPSA) is 63.5 Å². The summed E-state index contributed by atoms with van der Waals surface area (Å²) in [7, 11) is 1.67. The molecule has 0 aromatic heterocycles. The number of hydrogen-bond acceptors (Lipinski definition) is 5. The molecular weight excluding hydrogens is 256 g/mol. The molecule has 0 atom stereocenters. The highest BCUT2D eigenvalue weighted by Crippen LogP contribution is 2.11. The summed E-state index contributed by atoms with van der Waals surface area (Å²) in [5.41, 5.74) is 1.19. The number of ether oxygens (including phenoxy) is 3. The fourth-order valence-electron chi connectivity index (χ4n) is 1.60. The van der Waals surface area contributed by atoms with Gasteiger partial charge in [-0.1, -0.05) is 12.1 Å². The molecule has 0 aliphatic rings. The van der Waals surface area contributed by atoms with Gasteiger partial charge in [0.2, 0.25) is 0 Å². The molecule has 5 heteroatoms. The smallest absolute Gasteiger partial charge is 0.174 e. The van der Waals surface area contributed by atoms with E-state index in [1.807, 2.05) is 30.3 Å².